The van der Waals surface area contributed by atoms with Crippen LogP contribution in [0.2, 0.25) is 0 Å². The van der Waals surface area contributed by atoms with E-state index in [1.165, 1.54) is 6.92 Å². The quantitative estimate of drug-likeness (QED) is 0.757. The van der Waals surface area contributed by atoms with Crippen LogP contribution >= 0.6 is 0 Å². The molecule has 0 unspecified atom stereocenters. The number of alkyl halides is 2. The highest BCUT2D eigenvalue weighted by atomic mass is 19.3. The topological polar surface area (TPSA) is 67.4 Å². The standard InChI is InChI=1S/C16H20F2N2O3/c1-11(21)20-13-4-2-3-5-14(13)23-7-6-19-15(22)8-12-9-16(17,18)10-12/h2-5,12H,6-10H2,1H3,(H,19,22)(H,20,21). The smallest absolute Gasteiger partial charge is 0.248 e. The number of halogens is 2. The van der Waals surface area contributed by atoms with Crippen LogP contribution in [0.4, 0.5) is 14.5 Å². The first-order chi connectivity index (χ1) is 10.9. The van der Waals surface area contributed by atoms with E-state index in [1.807, 2.05) is 0 Å². The molecule has 1 aromatic rings. The van der Waals surface area contributed by atoms with Crippen molar-refractivity contribution in [3.05, 3.63) is 24.3 Å². The summed E-state index contributed by atoms with van der Waals surface area (Å²) in [6.07, 6.45) is -0.292. The van der Waals surface area contributed by atoms with Gasteiger partial charge in [-0.05, 0) is 18.1 Å². The second-order valence-electron chi connectivity index (χ2n) is 5.71. The van der Waals surface area contributed by atoms with Gasteiger partial charge in [-0.15, -0.1) is 0 Å². The van der Waals surface area contributed by atoms with Crippen LogP contribution in [0, 0.1) is 5.92 Å². The van der Waals surface area contributed by atoms with Crippen LogP contribution in [0.5, 0.6) is 5.75 Å². The second-order valence-corrected chi connectivity index (χ2v) is 5.71. The molecule has 0 radical (unpaired) electrons. The largest absolute Gasteiger partial charge is 0.490 e. The maximum atomic E-state index is 12.7. The molecule has 2 N–H and O–H groups in total. The zero-order valence-electron chi connectivity index (χ0n) is 12.9. The molecule has 1 fully saturated rings. The van der Waals surface area contributed by atoms with Gasteiger partial charge in [0.1, 0.15) is 12.4 Å². The van der Waals surface area contributed by atoms with Gasteiger partial charge < -0.3 is 15.4 Å². The summed E-state index contributed by atoms with van der Waals surface area (Å²) in [7, 11) is 0. The summed E-state index contributed by atoms with van der Waals surface area (Å²) < 4.78 is 30.9. The lowest BCUT2D eigenvalue weighted by molar-refractivity contribution is -0.133. The Balaban J connectivity index is 1.67. The van der Waals surface area contributed by atoms with E-state index in [2.05, 4.69) is 10.6 Å². The summed E-state index contributed by atoms with van der Waals surface area (Å²) in [6, 6.07) is 6.97. The minimum atomic E-state index is -2.60. The lowest BCUT2D eigenvalue weighted by atomic mass is 9.79. The number of benzene rings is 1. The van der Waals surface area contributed by atoms with Crippen molar-refractivity contribution in [1.29, 1.82) is 0 Å². The maximum absolute atomic E-state index is 12.7. The number of rotatable bonds is 7. The Bertz CT molecular complexity index is 570. The molecule has 23 heavy (non-hydrogen) atoms. The van der Waals surface area contributed by atoms with Gasteiger partial charge in [0, 0.05) is 26.2 Å². The molecule has 0 spiro atoms. The fourth-order valence-electron chi connectivity index (χ4n) is 2.50. The maximum Gasteiger partial charge on any atom is 0.248 e. The fraction of sp³-hybridized carbons (Fsp3) is 0.500. The van der Waals surface area contributed by atoms with Crippen molar-refractivity contribution in [2.45, 2.75) is 32.1 Å². The molecule has 0 aliphatic heterocycles. The van der Waals surface area contributed by atoms with Gasteiger partial charge in [0.2, 0.25) is 17.7 Å². The fourth-order valence-corrected chi connectivity index (χ4v) is 2.50. The van der Waals surface area contributed by atoms with E-state index in [9.17, 15) is 18.4 Å². The first-order valence-electron chi connectivity index (χ1n) is 7.50. The summed E-state index contributed by atoms with van der Waals surface area (Å²) in [4.78, 5) is 22.7. The number of anilines is 1. The summed E-state index contributed by atoms with van der Waals surface area (Å²) in [5.41, 5.74) is 0.558. The molecule has 0 aromatic heterocycles. The number of para-hydroxylation sites is 2. The number of carbonyl (C=O) groups excluding carboxylic acids is 2. The molecule has 2 amide bonds. The monoisotopic (exact) mass is 326 g/mol. The number of amides is 2. The van der Waals surface area contributed by atoms with Crippen molar-refractivity contribution in [2.75, 3.05) is 18.5 Å². The summed E-state index contributed by atoms with van der Waals surface area (Å²) in [6.45, 7) is 1.90. The summed E-state index contributed by atoms with van der Waals surface area (Å²) in [5.74, 6) is -2.76. The van der Waals surface area contributed by atoms with Crippen LogP contribution in [0.1, 0.15) is 26.2 Å². The van der Waals surface area contributed by atoms with E-state index in [1.54, 1.807) is 24.3 Å². The normalized spacial score (nSPS) is 16.3. The highest BCUT2D eigenvalue weighted by Gasteiger charge is 2.45. The zero-order chi connectivity index (χ0) is 16.9. The highest BCUT2D eigenvalue weighted by molar-refractivity contribution is 5.90. The predicted molar refractivity (Wildman–Crippen MR) is 81.5 cm³/mol. The molecular formula is C16H20F2N2O3. The van der Waals surface area contributed by atoms with Crippen LogP contribution in [0.25, 0.3) is 0 Å². The van der Waals surface area contributed by atoms with E-state index < -0.39 is 5.92 Å². The van der Waals surface area contributed by atoms with Crippen molar-refractivity contribution < 1.29 is 23.1 Å². The number of hydrogen-bond acceptors (Lipinski definition) is 3. The van der Waals surface area contributed by atoms with Crippen LogP contribution < -0.4 is 15.4 Å². The molecular weight excluding hydrogens is 306 g/mol. The molecule has 0 heterocycles. The molecule has 7 heteroatoms. The highest BCUT2D eigenvalue weighted by Crippen LogP contribution is 2.43. The molecule has 1 saturated carbocycles. The molecule has 1 aliphatic carbocycles. The molecule has 5 nitrogen and oxygen atoms in total. The first-order valence-corrected chi connectivity index (χ1v) is 7.50. The summed E-state index contributed by atoms with van der Waals surface area (Å²) in [5, 5.41) is 5.29. The SMILES string of the molecule is CC(=O)Nc1ccccc1OCCNC(=O)CC1CC(F)(F)C1. The Hall–Kier alpha value is -2.18. The van der Waals surface area contributed by atoms with Gasteiger partial charge in [-0.2, -0.15) is 0 Å². The van der Waals surface area contributed by atoms with Gasteiger partial charge in [-0.25, -0.2) is 8.78 Å². The molecule has 126 valence electrons. The Morgan fingerprint density at radius 3 is 2.65 bits per heavy atom. The number of nitrogens with one attached hydrogen (secondary N) is 2. The van der Waals surface area contributed by atoms with Gasteiger partial charge in [0.05, 0.1) is 12.2 Å². The molecule has 2 rings (SSSR count). The Labute approximate surface area is 133 Å². The van der Waals surface area contributed by atoms with Gasteiger partial charge in [-0.1, -0.05) is 12.1 Å². The number of ether oxygens (including phenoxy) is 1. The second kappa shape index (κ2) is 7.39. The van der Waals surface area contributed by atoms with E-state index in [-0.39, 0.29) is 50.1 Å². The van der Waals surface area contributed by atoms with Crippen molar-refractivity contribution >= 4 is 17.5 Å². The lowest BCUT2D eigenvalue weighted by Crippen LogP contribution is -2.39. The van der Waals surface area contributed by atoms with Crippen molar-refractivity contribution in [3.63, 3.8) is 0 Å². The average Bonchev–Trinajstić information content (AvgIpc) is 2.42. The predicted octanol–water partition coefficient (Wildman–Crippen LogP) is 2.58. The van der Waals surface area contributed by atoms with Crippen LogP contribution in [0.15, 0.2) is 24.3 Å². The van der Waals surface area contributed by atoms with E-state index >= 15 is 0 Å². The molecule has 1 aromatic carbocycles. The van der Waals surface area contributed by atoms with Crippen LogP contribution in [-0.2, 0) is 9.59 Å². The van der Waals surface area contributed by atoms with E-state index in [4.69, 9.17) is 4.74 Å². The van der Waals surface area contributed by atoms with Crippen molar-refractivity contribution in [3.8, 4) is 5.75 Å². The number of carbonyl (C=O) groups is 2. The third-order valence-electron chi connectivity index (χ3n) is 3.53. The third kappa shape index (κ3) is 5.50. The van der Waals surface area contributed by atoms with E-state index in [0.29, 0.717) is 11.4 Å². The Morgan fingerprint density at radius 1 is 1.30 bits per heavy atom. The van der Waals surface area contributed by atoms with Crippen LogP contribution in [0.3, 0.4) is 0 Å². The molecule has 0 atom stereocenters. The van der Waals surface area contributed by atoms with Gasteiger partial charge in [-0.3, -0.25) is 9.59 Å². The van der Waals surface area contributed by atoms with Gasteiger partial charge in [0.15, 0.2) is 0 Å². The minimum absolute atomic E-state index is 0.123. The van der Waals surface area contributed by atoms with Crippen molar-refractivity contribution in [2.24, 2.45) is 5.92 Å². The number of hydrogen-bond donors (Lipinski definition) is 2. The zero-order valence-corrected chi connectivity index (χ0v) is 12.9. The first kappa shape index (κ1) is 17.2. The Kier molecular flexibility index (Phi) is 5.52. The van der Waals surface area contributed by atoms with Gasteiger partial charge >= 0.3 is 0 Å². The van der Waals surface area contributed by atoms with E-state index in [0.717, 1.165) is 0 Å². The van der Waals surface area contributed by atoms with Crippen LogP contribution in [-0.4, -0.2) is 30.9 Å². The summed E-state index contributed by atoms with van der Waals surface area (Å²) >= 11 is 0. The van der Waals surface area contributed by atoms with Crippen molar-refractivity contribution in [1.82, 2.24) is 5.32 Å². The molecule has 0 saturated heterocycles. The Morgan fingerprint density at radius 2 is 2.00 bits per heavy atom. The third-order valence-corrected chi connectivity index (χ3v) is 3.53. The molecule has 0 bridgehead atoms. The average molecular weight is 326 g/mol. The molecule has 1 aliphatic rings. The lowest BCUT2D eigenvalue weighted by Gasteiger charge is -2.34. The van der Waals surface area contributed by atoms with Gasteiger partial charge in [0.25, 0.3) is 0 Å². The minimum Gasteiger partial charge on any atom is -0.490 e.